The summed E-state index contributed by atoms with van der Waals surface area (Å²) in [4.78, 5) is 0. The van der Waals surface area contributed by atoms with Gasteiger partial charge in [0.2, 0.25) is 0 Å². The van der Waals surface area contributed by atoms with Crippen LogP contribution in [0, 0.1) is 29.2 Å². The second kappa shape index (κ2) is 9.75. The van der Waals surface area contributed by atoms with Gasteiger partial charge in [-0.15, -0.1) is 0 Å². The minimum Gasteiger partial charge on any atom is -0.378 e. The molecule has 0 aromatic heterocycles. The fraction of sp³-hybridized carbons (Fsp3) is 0.556. The lowest BCUT2D eigenvalue weighted by molar-refractivity contribution is 0.0147. The minimum atomic E-state index is -1.10. The molecule has 0 saturated carbocycles. The molecule has 0 spiro atoms. The van der Waals surface area contributed by atoms with Gasteiger partial charge in [-0.1, -0.05) is 26.0 Å². The van der Waals surface area contributed by atoms with E-state index in [0.29, 0.717) is 49.5 Å². The number of ether oxygens (including phenoxy) is 2. The highest BCUT2D eigenvalue weighted by Crippen LogP contribution is 2.45. The largest absolute Gasteiger partial charge is 0.378 e. The average molecular weight is 465 g/mol. The van der Waals surface area contributed by atoms with Crippen molar-refractivity contribution in [3.63, 3.8) is 0 Å². The molecule has 0 N–H and O–H groups in total. The van der Waals surface area contributed by atoms with Gasteiger partial charge in [0, 0.05) is 23.7 Å². The van der Waals surface area contributed by atoms with Gasteiger partial charge in [0.15, 0.2) is 23.3 Å². The topological polar surface area (TPSA) is 18.5 Å². The Balaban J connectivity index is 1.61. The molecule has 1 fully saturated rings. The SMILES string of the molecule is CC(C)COC(C)CCc1cc2c(c(F)c1F)-c1c(cc(C3CCC(C)OC3)c(F)c1F)C2. The van der Waals surface area contributed by atoms with Crippen LogP contribution in [0.2, 0.25) is 0 Å². The molecule has 4 rings (SSSR count). The molecule has 0 radical (unpaired) electrons. The van der Waals surface area contributed by atoms with Crippen LogP contribution in [0.5, 0.6) is 0 Å². The van der Waals surface area contributed by atoms with E-state index in [9.17, 15) is 4.39 Å². The lowest BCUT2D eigenvalue weighted by atomic mass is 9.88. The van der Waals surface area contributed by atoms with Gasteiger partial charge in [-0.25, -0.2) is 17.6 Å². The summed E-state index contributed by atoms with van der Waals surface area (Å²) in [6.07, 6.45) is 2.59. The number of aryl methyl sites for hydroxylation is 1. The van der Waals surface area contributed by atoms with Gasteiger partial charge < -0.3 is 9.47 Å². The van der Waals surface area contributed by atoms with E-state index in [0.717, 1.165) is 6.42 Å². The highest BCUT2D eigenvalue weighted by atomic mass is 19.2. The number of hydrogen-bond donors (Lipinski definition) is 0. The fourth-order valence-electron chi connectivity index (χ4n) is 4.87. The zero-order chi connectivity index (χ0) is 23.9. The van der Waals surface area contributed by atoms with Crippen molar-refractivity contribution < 1.29 is 27.0 Å². The molecule has 6 heteroatoms. The van der Waals surface area contributed by atoms with Gasteiger partial charge >= 0.3 is 0 Å². The van der Waals surface area contributed by atoms with Crippen molar-refractivity contribution in [2.75, 3.05) is 13.2 Å². The fourth-order valence-corrected chi connectivity index (χ4v) is 4.87. The Morgan fingerprint density at radius 1 is 0.939 bits per heavy atom. The van der Waals surface area contributed by atoms with Gasteiger partial charge in [0.1, 0.15) is 0 Å². The predicted molar refractivity (Wildman–Crippen MR) is 120 cm³/mol. The molecule has 1 heterocycles. The van der Waals surface area contributed by atoms with E-state index >= 15 is 13.2 Å². The normalized spacial score (nSPS) is 20.8. The van der Waals surface area contributed by atoms with Gasteiger partial charge in [-0.3, -0.25) is 0 Å². The second-order valence-electron chi connectivity index (χ2n) is 10.00. The van der Waals surface area contributed by atoms with Crippen molar-refractivity contribution in [1.29, 1.82) is 0 Å². The summed E-state index contributed by atoms with van der Waals surface area (Å²) in [6.45, 7) is 8.90. The third kappa shape index (κ3) is 4.83. The van der Waals surface area contributed by atoms with Crippen LogP contribution in [0.3, 0.4) is 0 Å². The molecule has 2 aromatic carbocycles. The quantitative estimate of drug-likeness (QED) is 0.348. The van der Waals surface area contributed by atoms with Crippen molar-refractivity contribution >= 4 is 0 Å². The molecule has 2 aliphatic rings. The van der Waals surface area contributed by atoms with Crippen LogP contribution in [-0.4, -0.2) is 25.4 Å². The summed E-state index contributed by atoms with van der Waals surface area (Å²) in [7, 11) is 0. The first-order valence-corrected chi connectivity index (χ1v) is 11.9. The summed E-state index contributed by atoms with van der Waals surface area (Å²) < 4.78 is 71.6. The van der Waals surface area contributed by atoms with E-state index in [4.69, 9.17) is 9.47 Å². The van der Waals surface area contributed by atoms with Crippen LogP contribution in [0.1, 0.15) is 75.1 Å². The van der Waals surface area contributed by atoms with Crippen molar-refractivity contribution in [3.05, 3.63) is 57.7 Å². The van der Waals surface area contributed by atoms with Crippen molar-refractivity contribution in [3.8, 4) is 11.1 Å². The van der Waals surface area contributed by atoms with Crippen molar-refractivity contribution in [1.82, 2.24) is 0 Å². The smallest absolute Gasteiger partial charge is 0.167 e. The molecule has 1 aliphatic carbocycles. The second-order valence-corrected chi connectivity index (χ2v) is 10.00. The molecular formula is C27H32F4O2. The molecule has 2 nitrogen and oxygen atoms in total. The lowest BCUT2D eigenvalue weighted by Crippen LogP contribution is -2.23. The Morgan fingerprint density at radius 3 is 2.24 bits per heavy atom. The number of fused-ring (bicyclic) bond motifs is 3. The van der Waals surface area contributed by atoms with E-state index in [2.05, 4.69) is 13.8 Å². The van der Waals surface area contributed by atoms with Crippen molar-refractivity contribution in [2.24, 2.45) is 5.92 Å². The molecule has 1 aliphatic heterocycles. The molecule has 3 atom stereocenters. The zero-order valence-electron chi connectivity index (χ0n) is 19.7. The third-order valence-electron chi connectivity index (χ3n) is 6.79. The minimum absolute atomic E-state index is 0.0881. The van der Waals surface area contributed by atoms with Gasteiger partial charge in [-0.05, 0) is 74.1 Å². The molecule has 180 valence electrons. The van der Waals surface area contributed by atoms with E-state index < -0.39 is 23.3 Å². The maximum atomic E-state index is 15.2. The monoisotopic (exact) mass is 464 g/mol. The van der Waals surface area contributed by atoms with Crippen LogP contribution in [0.4, 0.5) is 17.6 Å². The first-order valence-electron chi connectivity index (χ1n) is 11.9. The Hall–Kier alpha value is -1.92. The van der Waals surface area contributed by atoms with E-state index in [1.54, 1.807) is 12.1 Å². The average Bonchev–Trinajstić information content (AvgIpc) is 3.15. The van der Waals surface area contributed by atoms with E-state index in [1.165, 1.54) is 0 Å². The Kier molecular flexibility index (Phi) is 7.15. The van der Waals surface area contributed by atoms with Gasteiger partial charge in [-0.2, -0.15) is 0 Å². The van der Waals surface area contributed by atoms with Crippen LogP contribution >= 0.6 is 0 Å². The summed E-state index contributed by atoms with van der Waals surface area (Å²) >= 11 is 0. The van der Waals surface area contributed by atoms with Gasteiger partial charge in [0.25, 0.3) is 0 Å². The lowest BCUT2D eigenvalue weighted by Gasteiger charge is -2.28. The highest BCUT2D eigenvalue weighted by Gasteiger charge is 2.34. The van der Waals surface area contributed by atoms with E-state index in [1.807, 2.05) is 13.8 Å². The van der Waals surface area contributed by atoms with E-state index in [-0.39, 0.29) is 46.8 Å². The molecule has 33 heavy (non-hydrogen) atoms. The molecular weight excluding hydrogens is 432 g/mol. The van der Waals surface area contributed by atoms with Crippen LogP contribution in [0.15, 0.2) is 12.1 Å². The maximum absolute atomic E-state index is 15.2. The third-order valence-corrected chi connectivity index (χ3v) is 6.79. The first-order chi connectivity index (χ1) is 15.7. The number of benzene rings is 2. The zero-order valence-corrected chi connectivity index (χ0v) is 19.7. The number of hydrogen-bond acceptors (Lipinski definition) is 2. The molecule has 2 aromatic rings. The standard InChI is InChI=1S/C27H32F4O2/c1-14(2)12-32-15(3)5-7-17-9-19-10-20-11-21(18-8-6-16(4)33-13-18)25(29)27(31)23(20)22(19)26(30)24(17)28/h9,11,14-16,18H,5-8,10,12-13H2,1-4H3. The van der Waals surface area contributed by atoms with Crippen LogP contribution in [0.25, 0.3) is 11.1 Å². The highest BCUT2D eigenvalue weighted by molar-refractivity contribution is 5.79. The summed E-state index contributed by atoms with van der Waals surface area (Å²) in [5.41, 5.74) is 1.22. The first kappa shape index (κ1) is 24.2. The molecule has 0 bridgehead atoms. The van der Waals surface area contributed by atoms with Gasteiger partial charge in [0.05, 0.1) is 18.8 Å². The van der Waals surface area contributed by atoms with Crippen LogP contribution in [-0.2, 0) is 22.3 Å². The summed E-state index contributed by atoms with van der Waals surface area (Å²) in [6, 6.07) is 3.22. The molecule has 3 unspecified atom stereocenters. The summed E-state index contributed by atoms with van der Waals surface area (Å²) in [5, 5.41) is 0. The Labute approximate surface area is 193 Å². The number of rotatable bonds is 7. The Bertz CT molecular complexity index is 1030. The maximum Gasteiger partial charge on any atom is 0.167 e. The number of halogens is 4. The van der Waals surface area contributed by atoms with Crippen LogP contribution < -0.4 is 0 Å². The van der Waals surface area contributed by atoms with Crippen molar-refractivity contribution in [2.45, 2.75) is 77.9 Å². The summed E-state index contributed by atoms with van der Waals surface area (Å²) in [5.74, 6) is -4.02. The molecule has 1 saturated heterocycles. The molecule has 0 amide bonds. The Morgan fingerprint density at radius 2 is 1.61 bits per heavy atom. The predicted octanol–water partition coefficient (Wildman–Crippen LogP) is 7.09.